The van der Waals surface area contributed by atoms with Crippen molar-refractivity contribution in [2.75, 3.05) is 6.67 Å². The van der Waals surface area contributed by atoms with E-state index < -0.39 is 0 Å². The van der Waals surface area contributed by atoms with Crippen LogP contribution in [0.25, 0.3) is 0 Å². The Hall–Kier alpha value is -0.0700. The number of hydrogen-bond donors (Lipinski definition) is 0. The van der Waals surface area contributed by atoms with E-state index in [2.05, 4.69) is 20.8 Å². The minimum atomic E-state index is -0.132. The lowest BCUT2D eigenvalue weighted by atomic mass is 9.91. The molecular weight excluding hydrogens is 127 g/mol. The summed E-state index contributed by atoms with van der Waals surface area (Å²) in [5, 5.41) is 0. The molecular formula is C9H17F. The number of rotatable bonds is 3. The molecule has 0 nitrogen and oxygen atoms in total. The van der Waals surface area contributed by atoms with Crippen LogP contribution in [0.4, 0.5) is 4.39 Å². The normalized spacial score (nSPS) is 38.7. The monoisotopic (exact) mass is 144 g/mol. The van der Waals surface area contributed by atoms with Gasteiger partial charge in [-0.1, -0.05) is 20.8 Å². The van der Waals surface area contributed by atoms with Crippen molar-refractivity contribution < 1.29 is 4.39 Å². The van der Waals surface area contributed by atoms with Gasteiger partial charge in [-0.15, -0.1) is 0 Å². The van der Waals surface area contributed by atoms with Gasteiger partial charge in [0.15, 0.2) is 0 Å². The largest absolute Gasteiger partial charge is 0.251 e. The molecule has 2 unspecified atom stereocenters. The molecule has 60 valence electrons. The van der Waals surface area contributed by atoms with E-state index in [1.54, 1.807) is 0 Å². The maximum absolute atomic E-state index is 11.9. The SMILES string of the molecule is CC(C)C1(C)CC1CCF. The summed E-state index contributed by atoms with van der Waals surface area (Å²) < 4.78 is 11.9. The van der Waals surface area contributed by atoms with Gasteiger partial charge in [0.25, 0.3) is 0 Å². The van der Waals surface area contributed by atoms with E-state index >= 15 is 0 Å². The van der Waals surface area contributed by atoms with E-state index in [1.165, 1.54) is 6.42 Å². The van der Waals surface area contributed by atoms with E-state index in [0.717, 1.165) is 12.3 Å². The second-order valence-corrected chi connectivity index (χ2v) is 4.04. The topological polar surface area (TPSA) is 0 Å². The average molecular weight is 144 g/mol. The Bertz CT molecular complexity index is 120. The Kier molecular flexibility index (Phi) is 2.02. The maximum Gasteiger partial charge on any atom is 0.0897 e. The van der Waals surface area contributed by atoms with Crippen LogP contribution in [0.15, 0.2) is 0 Å². The summed E-state index contributed by atoms with van der Waals surface area (Å²) in [7, 11) is 0. The van der Waals surface area contributed by atoms with Crippen LogP contribution in [-0.4, -0.2) is 6.67 Å². The van der Waals surface area contributed by atoms with Crippen LogP contribution < -0.4 is 0 Å². The zero-order valence-corrected chi connectivity index (χ0v) is 7.15. The fraction of sp³-hybridized carbons (Fsp3) is 1.00. The van der Waals surface area contributed by atoms with Gasteiger partial charge in [0, 0.05) is 0 Å². The molecule has 1 heteroatoms. The Morgan fingerprint density at radius 3 is 2.50 bits per heavy atom. The van der Waals surface area contributed by atoms with Gasteiger partial charge < -0.3 is 0 Å². The van der Waals surface area contributed by atoms with E-state index in [1.807, 2.05) is 0 Å². The van der Waals surface area contributed by atoms with E-state index in [0.29, 0.717) is 11.3 Å². The third-order valence-corrected chi connectivity index (χ3v) is 3.24. The van der Waals surface area contributed by atoms with Crippen LogP contribution in [0, 0.1) is 17.3 Å². The van der Waals surface area contributed by atoms with Gasteiger partial charge >= 0.3 is 0 Å². The molecule has 1 saturated carbocycles. The minimum absolute atomic E-state index is 0.132. The summed E-state index contributed by atoms with van der Waals surface area (Å²) in [6, 6.07) is 0. The van der Waals surface area contributed by atoms with E-state index in [-0.39, 0.29) is 6.67 Å². The van der Waals surface area contributed by atoms with Crippen LogP contribution >= 0.6 is 0 Å². The van der Waals surface area contributed by atoms with Gasteiger partial charge in [-0.25, -0.2) is 0 Å². The van der Waals surface area contributed by atoms with Crippen molar-refractivity contribution in [3.05, 3.63) is 0 Å². The lowest BCUT2D eigenvalue weighted by molar-refractivity contribution is 0.332. The van der Waals surface area contributed by atoms with E-state index in [4.69, 9.17) is 0 Å². The minimum Gasteiger partial charge on any atom is -0.251 e. The predicted octanol–water partition coefficient (Wildman–Crippen LogP) is 3.03. The number of halogens is 1. The molecule has 0 saturated heterocycles. The van der Waals surface area contributed by atoms with Crippen molar-refractivity contribution >= 4 is 0 Å². The fourth-order valence-corrected chi connectivity index (χ4v) is 1.74. The number of hydrogen-bond acceptors (Lipinski definition) is 0. The molecule has 1 fully saturated rings. The first kappa shape index (κ1) is 8.03. The first-order valence-electron chi connectivity index (χ1n) is 4.17. The summed E-state index contributed by atoms with van der Waals surface area (Å²) in [5.74, 6) is 1.40. The molecule has 1 aliphatic carbocycles. The lowest BCUT2D eigenvalue weighted by Gasteiger charge is -2.14. The van der Waals surface area contributed by atoms with Crippen molar-refractivity contribution in [2.45, 2.75) is 33.6 Å². The Morgan fingerprint density at radius 1 is 1.60 bits per heavy atom. The summed E-state index contributed by atoms with van der Waals surface area (Å²) in [4.78, 5) is 0. The Labute approximate surface area is 62.8 Å². The molecule has 2 atom stereocenters. The molecule has 0 aromatic heterocycles. The van der Waals surface area contributed by atoms with Crippen molar-refractivity contribution in [3.8, 4) is 0 Å². The highest BCUT2D eigenvalue weighted by molar-refractivity contribution is 5.00. The van der Waals surface area contributed by atoms with Crippen molar-refractivity contribution in [1.29, 1.82) is 0 Å². The molecule has 0 bridgehead atoms. The zero-order valence-electron chi connectivity index (χ0n) is 7.15. The van der Waals surface area contributed by atoms with Crippen LogP contribution in [0.3, 0.4) is 0 Å². The molecule has 1 rings (SSSR count). The third kappa shape index (κ3) is 1.18. The van der Waals surface area contributed by atoms with Crippen molar-refractivity contribution in [2.24, 2.45) is 17.3 Å². The highest BCUT2D eigenvalue weighted by atomic mass is 19.1. The first-order valence-corrected chi connectivity index (χ1v) is 4.17. The molecule has 0 heterocycles. The van der Waals surface area contributed by atoms with Gasteiger partial charge in [-0.2, -0.15) is 0 Å². The molecule has 0 aliphatic heterocycles. The first-order chi connectivity index (χ1) is 4.61. The molecule has 0 aromatic rings. The van der Waals surface area contributed by atoms with Crippen LogP contribution in [0.1, 0.15) is 33.6 Å². The Morgan fingerprint density at radius 2 is 2.20 bits per heavy atom. The molecule has 0 spiro atoms. The van der Waals surface area contributed by atoms with Gasteiger partial charge in [0.2, 0.25) is 0 Å². The van der Waals surface area contributed by atoms with E-state index in [9.17, 15) is 4.39 Å². The predicted molar refractivity (Wildman–Crippen MR) is 41.6 cm³/mol. The molecule has 10 heavy (non-hydrogen) atoms. The van der Waals surface area contributed by atoms with Crippen LogP contribution in [-0.2, 0) is 0 Å². The van der Waals surface area contributed by atoms with Crippen LogP contribution in [0.5, 0.6) is 0 Å². The standard InChI is InChI=1S/C9H17F/c1-7(2)9(3)6-8(9)4-5-10/h7-8H,4-6H2,1-3H3. The fourth-order valence-electron chi connectivity index (χ4n) is 1.74. The second kappa shape index (κ2) is 2.52. The second-order valence-electron chi connectivity index (χ2n) is 4.04. The molecule has 0 aromatic carbocycles. The average Bonchev–Trinajstić information content (AvgIpc) is 2.45. The van der Waals surface area contributed by atoms with Crippen molar-refractivity contribution in [1.82, 2.24) is 0 Å². The smallest absolute Gasteiger partial charge is 0.0897 e. The molecule has 0 radical (unpaired) electrons. The van der Waals surface area contributed by atoms with Crippen molar-refractivity contribution in [3.63, 3.8) is 0 Å². The molecule has 0 amide bonds. The van der Waals surface area contributed by atoms with Gasteiger partial charge in [0.1, 0.15) is 0 Å². The molecule has 1 aliphatic rings. The quantitative estimate of drug-likeness (QED) is 0.571. The van der Waals surface area contributed by atoms with Gasteiger partial charge in [0.05, 0.1) is 6.67 Å². The summed E-state index contributed by atoms with van der Waals surface area (Å²) in [5.41, 5.74) is 0.478. The molecule has 0 N–H and O–H groups in total. The van der Waals surface area contributed by atoms with Gasteiger partial charge in [-0.05, 0) is 30.1 Å². The lowest BCUT2D eigenvalue weighted by Crippen LogP contribution is -2.07. The summed E-state index contributed by atoms with van der Waals surface area (Å²) in [6.07, 6.45) is 2.03. The van der Waals surface area contributed by atoms with Gasteiger partial charge in [-0.3, -0.25) is 4.39 Å². The maximum atomic E-state index is 11.9. The Balaban J connectivity index is 2.33. The highest BCUT2D eigenvalue weighted by Crippen LogP contribution is 2.58. The number of alkyl halides is 1. The highest BCUT2D eigenvalue weighted by Gasteiger charge is 2.50. The zero-order chi connectivity index (χ0) is 7.78. The third-order valence-electron chi connectivity index (χ3n) is 3.24. The summed E-state index contributed by atoms with van der Waals surface area (Å²) >= 11 is 0. The van der Waals surface area contributed by atoms with Crippen LogP contribution in [0.2, 0.25) is 0 Å². The summed E-state index contributed by atoms with van der Waals surface area (Å²) in [6.45, 7) is 6.61.